The summed E-state index contributed by atoms with van der Waals surface area (Å²) in [7, 11) is 0. The fraction of sp³-hybridized carbons (Fsp3) is 0.345. The molecule has 4 aromatic rings. The number of halogens is 1. The number of imidazole rings is 1. The number of hydrogen-bond donors (Lipinski definition) is 5. The first kappa shape index (κ1) is 27.0. The molecule has 2 aromatic heterocycles. The van der Waals surface area contributed by atoms with Crippen molar-refractivity contribution in [3.63, 3.8) is 0 Å². The van der Waals surface area contributed by atoms with Gasteiger partial charge in [0.15, 0.2) is 0 Å². The molecule has 0 saturated heterocycles. The first-order chi connectivity index (χ1) is 19.1. The highest BCUT2D eigenvalue weighted by Crippen LogP contribution is 2.35. The Labute approximate surface area is 235 Å². The van der Waals surface area contributed by atoms with Crippen molar-refractivity contribution in [1.82, 2.24) is 30.9 Å². The van der Waals surface area contributed by atoms with Gasteiger partial charge in [-0.3, -0.25) is 4.79 Å². The summed E-state index contributed by atoms with van der Waals surface area (Å²) in [6.07, 6.45) is 6.90. The molecule has 0 aliphatic heterocycles. The Hall–Kier alpha value is -3.63. The molecule has 1 aliphatic rings. The highest BCUT2D eigenvalue weighted by molar-refractivity contribution is 9.10. The van der Waals surface area contributed by atoms with Gasteiger partial charge in [0.05, 0.1) is 6.33 Å². The largest absolute Gasteiger partial charge is 0.445 e. The molecule has 5 rings (SSSR count). The van der Waals surface area contributed by atoms with E-state index in [9.17, 15) is 9.59 Å². The van der Waals surface area contributed by atoms with Crippen LogP contribution in [0.15, 0.2) is 65.5 Å². The highest BCUT2D eigenvalue weighted by atomic mass is 79.9. The lowest BCUT2D eigenvalue weighted by atomic mass is 9.91. The molecule has 1 aliphatic carbocycles. The molecule has 0 spiro atoms. The second-order valence-electron chi connectivity index (χ2n) is 9.79. The quantitative estimate of drug-likeness (QED) is 0.162. The van der Waals surface area contributed by atoms with Crippen LogP contribution < -0.4 is 16.0 Å². The number of hydrogen-bond acceptors (Lipinski definition) is 5. The van der Waals surface area contributed by atoms with E-state index in [1.54, 1.807) is 12.5 Å². The Morgan fingerprint density at radius 3 is 2.85 bits per heavy atom. The summed E-state index contributed by atoms with van der Waals surface area (Å²) in [5, 5.41) is 10.6. The van der Waals surface area contributed by atoms with Crippen molar-refractivity contribution >= 4 is 38.8 Å². The summed E-state index contributed by atoms with van der Waals surface area (Å²) in [5.41, 5.74) is 5.47. The highest BCUT2D eigenvalue weighted by Gasteiger charge is 2.25. The van der Waals surface area contributed by atoms with Crippen molar-refractivity contribution < 1.29 is 14.3 Å². The second-order valence-corrected chi connectivity index (χ2v) is 10.7. The molecule has 2 atom stereocenters. The summed E-state index contributed by atoms with van der Waals surface area (Å²) >= 11 is 3.59. The zero-order valence-electron chi connectivity index (χ0n) is 21.6. The number of nitrogens with zero attached hydrogens (tertiary/aromatic N) is 1. The Kier molecular flexibility index (Phi) is 8.95. The van der Waals surface area contributed by atoms with Crippen LogP contribution in [0.3, 0.4) is 0 Å². The minimum Gasteiger partial charge on any atom is -0.445 e. The molecule has 5 N–H and O–H groups in total. The number of carbonyl (C=O) groups is 2. The van der Waals surface area contributed by atoms with E-state index in [1.807, 2.05) is 30.3 Å². The van der Waals surface area contributed by atoms with Gasteiger partial charge in [-0.15, -0.1) is 0 Å². The smallest absolute Gasteiger partial charge is 0.408 e. The maximum absolute atomic E-state index is 13.0. The first-order valence-corrected chi connectivity index (χ1v) is 14.1. The van der Waals surface area contributed by atoms with Gasteiger partial charge in [-0.05, 0) is 61.6 Å². The van der Waals surface area contributed by atoms with Crippen LogP contribution in [0.1, 0.15) is 47.8 Å². The molecule has 2 heterocycles. The molecule has 1 unspecified atom stereocenters. The number of fused-ring (bicyclic) bond motifs is 3. The molecule has 0 radical (unpaired) electrons. The summed E-state index contributed by atoms with van der Waals surface area (Å²) in [5.74, 6) is -0.262. The van der Waals surface area contributed by atoms with Crippen LogP contribution in [0.25, 0.3) is 10.9 Å². The summed E-state index contributed by atoms with van der Waals surface area (Å²) in [6, 6.07) is 15.3. The van der Waals surface area contributed by atoms with Crippen LogP contribution in [0.4, 0.5) is 4.79 Å². The van der Waals surface area contributed by atoms with Crippen molar-refractivity contribution in [1.29, 1.82) is 0 Å². The average molecular weight is 594 g/mol. The number of nitrogens with one attached hydrogen (secondary N) is 5. The van der Waals surface area contributed by atoms with Crippen LogP contribution in [-0.2, 0) is 29.0 Å². The number of amides is 2. The lowest BCUT2D eigenvalue weighted by Gasteiger charge is -2.24. The van der Waals surface area contributed by atoms with Crippen molar-refractivity contribution in [2.75, 3.05) is 13.1 Å². The molecular formula is C29H33BrN6O3. The zero-order chi connectivity index (χ0) is 27.0. The Balaban J connectivity index is 1.10. The van der Waals surface area contributed by atoms with Crippen molar-refractivity contribution in [3.05, 3.63) is 88.0 Å². The van der Waals surface area contributed by atoms with Crippen LogP contribution in [0.2, 0.25) is 0 Å². The van der Waals surface area contributed by atoms with Crippen LogP contribution in [-0.4, -0.2) is 46.1 Å². The molecule has 39 heavy (non-hydrogen) atoms. The van der Waals surface area contributed by atoms with Gasteiger partial charge in [0.25, 0.3) is 0 Å². The molecular weight excluding hydrogens is 560 g/mol. The number of carbonyl (C=O) groups excluding carboxylic acids is 2. The third-order valence-corrected chi connectivity index (χ3v) is 7.51. The summed E-state index contributed by atoms with van der Waals surface area (Å²) in [4.78, 5) is 36.0. The second kappa shape index (κ2) is 12.9. The van der Waals surface area contributed by atoms with E-state index in [1.165, 1.54) is 22.2 Å². The minimum absolute atomic E-state index is 0.132. The molecule has 9 nitrogen and oxygen atoms in total. The normalized spacial score (nSPS) is 15.5. The third kappa shape index (κ3) is 7.07. The van der Waals surface area contributed by atoms with E-state index in [0.29, 0.717) is 6.54 Å². The zero-order valence-corrected chi connectivity index (χ0v) is 23.2. The van der Waals surface area contributed by atoms with Gasteiger partial charge in [-0.1, -0.05) is 46.3 Å². The van der Waals surface area contributed by atoms with Gasteiger partial charge in [-0.25, -0.2) is 9.78 Å². The number of rotatable bonds is 11. The van der Waals surface area contributed by atoms with Crippen LogP contribution >= 0.6 is 15.9 Å². The number of H-pyrrole nitrogens is 2. The van der Waals surface area contributed by atoms with Gasteiger partial charge in [-0.2, -0.15) is 0 Å². The predicted molar refractivity (Wildman–Crippen MR) is 153 cm³/mol. The van der Waals surface area contributed by atoms with E-state index in [4.69, 9.17) is 4.74 Å². The lowest BCUT2D eigenvalue weighted by molar-refractivity contribution is -0.123. The minimum atomic E-state index is -0.784. The summed E-state index contributed by atoms with van der Waals surface area (Å²) in [6.45, 7) is 1.39. The van der Waals surface area contributed by atoms with Crippen molar-refractivity contribution in [2.45, 2.75) is 50.8 Å². The van der Waals surface area contributed by atoms with E-state index in [0.717, 1.165) is 48.0 Å². The number of aryl methyl sites for hydroxylation is 1. The molecule has 2 aromatic carbocycles. The van der Waals surface area contributed by atoms with Gasteiger partial charge in [0.1, 0.15) is 12.6 Å². The molecule has 0 fully saturated rings. The monoisotopic (exact) mass is 592 g/mol. The van der Waals surface area contributed by atoms with E-state index in [2.05, 4.69) is 65.0 Å². The predicted octanol–water partition coefficient (Wildman–Crippen LogP) is 4.66. The lowest BCUT2D eigenvalue weighted by Crippen LogP contribution is -2.48. The SMILES string of the molecule is O=C(N[C@H](Cc1cnc[nH]1)C(=O)NCCCNC1CCCc2c1[nH]c1ccc(Br)cc21)OCc1ccccc1. The molecule has 10 heteroatoms. The van der Waals surface area contributed by atoms with Crippen LogP contribution in [0, 0.1) is 0 Å². The van der Waals surface area contributed by atoms with Crippen molar-refractivity contribution in [2.24, 2.45) is 0 Å². The number of aromatic nitrogens is 3. The molecule has 204 valence electrons. The number of ether oxygens (including phenoxy) is 1. The van der Waals surface area contributed by atoms with Crippen LogP contribution in [0.5, 0.6) is 0 Å². The van der Waals surface area contributed by atoms with E-state index in [-0.39, 0.29) is 25.0 Å². The standard InChI is InChI=1S/C29H33BrN6O3/c30-20-10-11-24-23(14-20)22-8-4-9-25(27(22)35-24)32-12-5-13-33-28(37)26(15-21-16-31-18-34-21)36-29(38)39-17-19-6-2-1-3-7-19/h1-3,6-7,10-11,14,16,18,25-26,32,35H,4-5,8-9,12-13,15,17H2,(H,31,34)(H,33,37)(H,36,38)/t25?,26-/m1/s1. The average Bonchev–Trinajstić information content (AvgIpc) is 3.60. The molecule has 2 amide bonds. The van der Waals surface area contributed by atoms with Crippen molar-refractivity contribution in [3.8, 4) is 0 Å². The molecule has 0 saturated carbocycles. The topological polar surface area (TPSA) is 124 Å². The van der Waals surface area contributed by atoms with Gasteiger partial charge in [0.2, 0.25) is 5.91 Å². The number of aromatic amines is 2. The van der Waals surface area contributed by atoms with E-state index < -0.39 is 12.1 Å². The Bertz CT molecular complexity index is 1390. The van der Waals surface area contributed by atoms with Gasteiger partial charge in [0, 0.05) is 52.0 Å². The fourth-order valence-corrected chi connectivity index (χ4v) is 5.43. The third-order valence-electron chi connectivity index (χ3n) is 7.01. The summed E-state index contributed by atoms with van der Waals surface area (Å²) < 4.78 is 6.41. The number of benzene rings is 2. The van der Waals surface area contributed by atoms with Gasteiger partial charge < -0.3 is 30.7 Å². The number of alkyl carbamates (subject to hydrolysis) is 1. The Morgan fingerprint density at radius 2 is 2.03 bits per heavy atom. The maximum Gasteiger partial charge on any atom is 0.408 e. The van der Waals surface area contributed by atoms with E-state index >= 15 is 0 Å². The Morgan fingerprint density at radius 1 is 1.15 bits per heavy atom. The first-order valence-electron chi connectivity index (χ1n) is 13.3. The molecule has 0 bridgehead atoms. The maximum atomic E-state index is 13.0. The van der Waals surface area contributed by atoms with Gasteiger partial charge >= 0.3 is 6.09 Å². The fourth-order valence-electron chi connectivity index (χ4n) is 5.07.